The fraction of sp³-hybridized carbons (Fsp3) is 0.318. The molecule has 2 aromatic carbocycles. The topological polar surface area (TPSA) is 106 Å². The summed E-state index contributed by atoms with van der Waals surface area (Å²) < 4.78 is 10.9. The summed E-state index contributed by atoms with van der Waals surface area (Å²) in [5.74, 6) is -0.269. The Bertz CT molecular complexity index is 884. The fourth-order valence-electron chi connectivity index (χ4n) is 2.78. The van der Waals surface area contributed by atoms with Crippen LogP contribution in [0.15, 0.2) is 48.5 Å². The van der Waals surface area contributed by atoms with Crippen LogP contribution in [-0.4, -0.2) is 30.9 Å². The number of hydrogen-bond donors (Lipinski definition) is 3. The molecule has 0 aliphatic rings. The first-order valence-electron chi connectivity index (χ1n) is 9.56. The van der Waals surface area contributed by atoms with Gasteiger partial charge in [0.1, 0.15) is 0 Å². The number of carbonyl (C=O) groups excluding carboxylic acids is 3. The zero-order chi connectivity index (χ0) is 22.1. The van der Waals surface area contributed by atoms with Gasteiger partial charge >= 0.3 is 0 Å². The largest absolute Gasteiger partial charge is 0.493 e. The summed E-state index contributed by atoms with van der Waals surface area (Å²) in [6.45, 7) is 5.16. The van der Waals surface area contributed by atoms with Crippen LogP contribution in [0.3, 0.4) is 0 Å². The highest BCUT2D eigenvalue weighted by atomic mass is 16.5. The average molecular weight is 413 g/mol. The van der Waals surface area contributed by atoms with Gasteiger partial charge in [-0.1, -0.05) is 30.3 Å². The van der Waals surface area contributed by atoms with Crippen molar-refractivity contribution in [2.24, 2.45) is 0 Å². The third-order valence-corrected chi connectivity index (χ3v) is 4.07. The maximum atomic E-state index is 12.4. The molecule has 1 atom stereocenters. The van der Waals surface area contributed by atoms with Crippen molar-refractivity contribution in [3.8, 4) is 11.5 Å². The van der Waals surface area contributed by atoms with Crippen LogP contribution < -0.4 is 25.6 Å². The number of rotatable bonds is 8. The van der Waals surface area contributed by atoms with Crippen LogP contribution in [0, 0.1) is 0 Å². The molecule has 0 aliphatic heterocycles. The quantitative estimate of drug-likeness (QED) is 0.577. The number of amides is 3. The van der Waals surface area contributed by atoms with E-state index in [-0.39, 0.29) is 18.4 Å². The standard InChI is InChI=1S/C22H27N3O5/c1-14(2)30-19-11-10-17(12-20(19)29-4)22(28)25-24-21(27)13-18(23-15(3)26)16-8-6-5-7-9-16/h5-12,14,18H,13H2,1-4H3,(H,23,26)(H,24,27)(H,25,28). The minimum Gasteiger partial charge on any atom is -0.493 e. The molecule has 1 unspecified atom stereocenters. The number of hydrogen-bond acceptors (Lipinski definition) is 5. The van der Waals surface area contributed by atoms with Crippen molar-refractivity contribution in [2.75, 3.05) is 7.11 Å². The first-order chi connectivity index (χ1) is 14.3. The second-order valence-corrected chi connectivity index (χ2v) is 6.90. The van der Waals surface area contributed by atoms with Gasteiger partial charge in [0.2, 0.25) is 11.8 Å². The smallest absolute Gasteiger partial charge is 0.269 e. The molecule has 0 heterocycles. The van der Waals surface area contributed by atoms with E-state index in [0.29, 0.717) is 17.1 Å². The van der Waals surface area contributed by atoms with Gasteiger partial charge in [0.05, 0.1) is 25.7 Å². The van der Waals surface area contributed by atoms with Crippen molar-refractivity contribution in [3.05, 3.63) is 59.7 Å². The van der Waals surface area contributed by atoms with Crippen LogP contribution in [-0.2, 0) is 9.59 Å². The number of nitrogens with one attached hydrogen (secondary N) is 3. The van der Waals surface area contributed by atoms with E-state index in [2.05, 4.69) is 16.2 Å². The van der Waals surface area contributed by atoms with E-state index in [1.807, 2.05) is 44.2 Å². The van der Waals surface area contributed by atoms with Crippen LogP contribution in [0.5, 0.6) is 11.5 Å². The minimum absolute atomic E-state index is 0.0334. The van der Waals surface area contributed by atoms with Crippen LogP contribution in [0.1, 0.15) is 49.2 Å². The van der Waals surface area contributed by atoms with Gasteiger partial charge in [-0.05, 0) is 37.6 Å². The Balaban J connectivity index is 1.99. The summed E-state index contributed by atoms with van der Waals surface area (Å²) in [6.07, 6.45) is -0.0759. The number of carbonyl (C=O) groups is 3. The second kappa shape index (κ2) is 10.8. The predicted molar refractivity (Wildman–Crippen MR) is 112 cm³/mol. The molecule has 2 aromatic rings. The zero-order valence-corrected chi connectivity index (χ0v) is 17.5. The summed E-state index contributed by atoms with van der Waals surface area (Å²) in [5, 5.41) is 2.74. The summed E-state index contributed by atoms with van der Waals surface area (Å²) in [6, 6.07) is 13.4. The summed E-state index contributed by atoms with van der Waals surface area (Å²) in [7, 11) is 1.48. The number of ether oxygens (including phenoxy) is 2. The van der Waals surface area contributed by atoms with Crippen molar-refractivity contribution in [1.29, 1.82) is 0 Å². The Morgan fingerprint density at radius 1 is 0.967 bits per heavy atom. The monoisotopic (exact) mass is 413 g/mol. The van der Waals surface area contributed by atoms with E-state index in [1.165, 1.54) is 20.1 Å². The molecule has 0 saturated heterocycles. The lowest BCUT2D eigenvalue weighted by Gasteiger charge is -2.18. The highest BCUT2D eigenvalue weighted by Crippen LogP contribution is 2.28. The normalized spacial score (nSPS) is 11.4. The molecule has 3 N–H and O–H groups in total. The molecule has 0 spiro atoms. The minimum atomic E-state index is -0.506. The Morgan fingerprint density at radius 2 is 1.67 bits per heavy atom. The van der Waals surface area contributed by atoms with Crippen molar-refractivity contribution in [1.82, 2.24) is 16.2 Å². The van der Waals surface area contributed by atoms with E-state index in [4.69, 9.17) is 9.47 Å². The SMILES string of the molecule is COc1cc(C(=O)NNC(=O)CC(NC(C)=O)c2ccccc2)ccc1OC(C)C. The lowest BCUT2D eigenvalue weighted by molar-refractivity contribution is -0.123. The Hall–Kier alpha value is -3.55. The molecule has 0 radical (unpaired) electrons. The second-order valence-electron chi connectivity index (χ2n) is 6.90. The number of hydrazine groups is 1. The predicted octanol–water partition coefficient (Wildman–Crippen LogP) is 2.51. The summed E-state index contributed by atoms with van der Waals surface area (Å²) in [5.41, 5.74) is 5.84. The fourth-order valence-corrected chi connectivity index (χ4v) is 2.78. The van der Waals surface area contributed by atoms with Crippen molar-refractivity contribution < 1.29 is 23.9 Å². The highest BCUT2D eigenvalue weighted by molar-refractivity contribution is 5.96. The Morgan fingerprint density at radius 3 is 2.27 bits per heavy atom. The maximum absolute atomic E-state index is 12.4. The lowest BCUT2D eigenvalue weighted by atomic mass is 10.0. The van der Waals surface area contributed by atoms with Gasteiger partial charge in [0.15, 0.2) is 11.5 Å². The van der Waals surface area contributed by atoms with Crippen LogP contribution in [0.4, 0.5) is 0 Å². The van der Waals surface area contributed by atoms with Crippen LogP contribution in [0.2, 0.25) is 0 Å². The molecule has 0 bridgehead atoms. The molecule has 0 saturated carbocycles. The molecule has 0 aliphatic carbocycles. The van der Waals surface area contributed by atoms with Gasteiger partial charge in [-0.25, -0.2) is 0 Å². The van der Waals surface area contributed by atoms with E-state index >= 15 is 0 Å². The average Bonchev–Trinajstić information content (AvgIpc) is 2.71. The Kier molecular flexibility index (Phi) is 8.22. The van der Waals surface area contributed by atoms with Gasteiger partial charge in [-0.3, -0.25) is 25.2 Å². The van der Waals surface area contributed by atoms with E-state index < -0.39 is 17.9 Å². The molecule has 0 aromatic heterocycles. The maximum Gasteiger partial charge on any atom is 0.269 e. The summed E-state index contributed by atoms with van der Waals surface area (Å²) >= 11 is 0. The van der Waals surface area contributed by atoms with E-state index in [0.717, 1.165) is 5.56 Å². The molecular weight excluding hydrogens is 386 g/mol. The lowest BCUT2D eigenvalue weighted by Crippen LogP contribution is -2.43. The molecule has 0 fully saturated rings. The number of methoxy groups -OCH3 is 1. The van der Waals surface area contributed by atoms with Crippen molar-refractivity contribution >= 4 is 17.7 Å². The first kappa shape index (κ1) is 22.7. The van der Waals surface area contributed by atoms with Crippen LogP contribution >= 0.6 is 0 Å². The zero-order valence-electron chi connectivity index (χ0n) is 17.5. The van der Waals surface area contributed by atoms with Crippen LogP contribution in [0.25, 0.3) is 0 Å². The van der Waals surface area contributed by atoms with E-state index in [1.54, 1.807) is 12.1 Å². The third-order valence-electron chi connectivity index (χ3n) is 4.07. The number of benzene rings is 2. The molecule has 30 heavy (non-hydrogen) atoms. The van der Waals surface area contributed by atoms with Gasteiger partial charge in [-0.15, -0.1) is 0 Å². The van der Waals surface area contributed by atoms with Crippen molar-refractivity contribution in [3.63, 3.8) is 0 Å². The van der Waals surface area contributed by atoms with Gasteiger partial charge in [0, 0.05) is 12.5 Å². The molecule has 2 rings (SSSR count). The highest BCUT2D eigenvalue weighted by Gasteiger charge is 2.18. The third kappa shape index (κ3) is 6.80. The summed E-state index contributed by atoms with van der Waals surface area (Å²) in [4.78, 5) is 36.2. The Labute approximate surface area is 175 Å². The molecule has 3 amide bonds. The van der Waals surface area contributed by atoms with Gasteiger partial charge in [-0.2, -0.15) is 0 Å². The molecule has 8 nitrogen and oxygen atoms in total. The van der Waals surface area contributed by atoms with Gasteiger partial charge in [0.25, 0.3) is 5.91 Å². The molecular formula is C22H27N3O5. The van der Waals surface area contributed by atoms with E-state index in [9.17, 15) is 14.4 Å². The first-order valence-corrected chi connectivity index (χ1v) is 9.56. The van der Waals surface area contributed by atoms with Gasteiger partial charge < -0.3 is 14.8 Å². The van der Waals surface area contributed by atoms with Crippen molar-refractivity contribution in [2.45, 2.75) is 39.3 Å². The molecule has 160 valence electrons. The molecule has 8 heteroatoms.